The van der Waals surface area contributed by atoms with Crippen molar-refractivity contribution in [1.82, 2.24) is 14.9 Å². The summed E-state index contributed by atoms with van der Waals surface area (Å²) < 4.78 is 46.2. The maximum Gasteiger partial charge on any atom is 0.416 e. The van der Waals surface area contributed by atoms with Crippen molar-refractivity contribution in [3.63, 3.8) is 0 Å². The predicted octanol–water partition coefficient (Wildman–Crippen LogP) is 6.54. The number of pyridine rings is 1. The van der Waals surface area contributed by atoms with E-state index in [2.05, 4.69) is 10.4 Å². The van der Waals surface area contributed by atoms with E-state index >= 15 is 0 Å². The van der Waals surface area contributed by atoms with Gasteiger partial charge in [-0.05, 0) is 79.3 Å². The first kappa shape index (κ1) is 27.1. The zero-order valence-electron chi connectivity index (χ0n) is 22.5. The van der Waals surface area contributed by atoms with Gasteiger partial charge in [0.25, 0.3) is 5.91 Å². The molecule has 1 amide bonds. The highest BCUT2D eigenvalue weighted by Gasteiger charge is 2.55. The predicted molar refractivity (Wildman–Crippen MR) is 146 cm³/mol. The molecule has 1 atom stereocenters. The zero-order valence-corrected chi connectivity index (χ0v) is 22.5. The highest BCUT2D eigenvalue weighted by molar-refractivity contribution is 6.01. The van der Waals surface area contributed by atoms with E-state index in [0.717, 1.165) is 48.9 Å². The lowest BCUT2D eigenvalue weighted by atomic mass is 9.50. The van der Waals surface area contributed by atoms with Crippen LogP contribution >= 0.6 is 0 Å². The van der Waals surface area contributed by atoms with E-state index < -0.39 is 11.7 Å². The average molecular weight is 562 g/mol. The maximum absolute atomic E-state index is 13.3. The van der Waals surface area contributed by atoms with Gasteiger partial charge in [0.05, 0.1) is 28.8 Å². The largest absolute Gasteiger partial charge is 0.458 e. The van der Waals surface area contributed by atoms with Crippen LogP contribution in [0.15, 0.2) is 79.1 Å². The smallest absolute Gasteiger partial charge is 0.416 e. The number of rotatable bonds is 7. The van der Waals surface area contributed by atoms with Crippen LogP contribution < -0.4 is 5.32 Å². The third-order valence-corrected chi connectivity index (χ3v) is 8.49. The van der Waals surface area contributed by atoms with Gasteiger partial charge in [-0.3, -0.25) is 9.59 Å². The molecule has 0 bridgehead atoms. The zero-order chi connectivity index (χ0) is 28.8. The van der Waals surface area contributed by atoms with E-state index in [4.69, 9.17) is 4.74 Å². The molecule has 2 aliphatic rings. The van der Waals surface area contributed by atoms with Crippen molar-refractivity contribution in [2.24, 2.45) is 11.3 Å². The van der Waals surface area contributed by atoms with Gasteiger partial charge in [-0.2, -0.15) is 18.3 Å². The first-order chi connectivity index (χ1) is 19.6. The summed E-state index contributed by atoms with van der Waals surface area (Å²) in [5.74, 6) is -0.497. The van der Waals surface area contributed by atoms with Crippen LogP contribution in [0, 0.1) is 11.3 Å². The number of amides is 1. The SMILES string of the molecule is CC(OC(=O)C1CC2(CC(NC(=O)c3cnn4cccc(Cc5ccc(C(F)(F)F)cc5)c34)C2)C1)c1ccccc1. The number of nitrogens with zero attached hydrogens (tertiary/aromatic N) is 2. The molecular weight excluding hydrogens is 531 g/mol. The van der Waals surface area contributed by atoms with Gasteiger partial charge in [0.1, 0.15) is 6.10 Å². The van der Waals surface area contributed by atoms with Crippen LogP contribution in [-0.4, -0.2) is 27.5 Å². The van der Waals surface area contributed by atoms with Gasteiger partial charge in [-0.25, -0.2) is 4.52 Å². The van der Waals surface area contributed by atoms with Crippen LogP contribution in [0.2, 0.25) is 0 Å². The number of ether oxygens (including phenoxy) is 1. The molecule has 2 heterocycles. The quantitative estimate of drug-likeness (QED) is 0.260. The van der Waals surface area contributed by atoms with E-state index in [1.807, 2.05) is 43.3 Å². The van der Waals surface area contributed by atoms with Crippen LogP contribution in [0.25, 0.3) is 5.52 Å². The van der Waals surface area contributed by atoms with Crippen molar-refractivity contribution < 1.29 is 27.5 Å². The number of hydrogen-bond donors (Lipinski definition) is 1. The summed E-state index contributed by atoms with van der Waals surface area (Å²) in [5.41, 5.74) is 2.92. The van der Waals surface area contributed by atoms with Crippen molar-refractivity contribution in [1.29, 1.82) is 0 Å². The minimum absolute atomic E-state index is 0.0136. The van der Waals surface area contributed by atoms with Crippen molar-refractivity contribution in [2.45, 2.75) is 57.3 Å². The van der Waals surface area contributed by atoms with Gasteiger partial charge < -0.3 is 10.1 Å². The van der Waals surface area contributed by atoms with Crippen molar-refractivity contribution in [3.8, 4) is 0 Å². The summed E-state index contributed by atoms with van der Waals surface area (Å²) in [4.78, 5) is 25.9. The van der Waals surface area contributed by atoms with Crippen LogP contribution in [0.5, 0.6) is 0 Å². The Morgan fingerprint density at radius 3 is 2.41 bits per heavy atom. The maximum atomic E-state index is 13.3. The summed E-state index contributed by atoms with van der Waals surface area (Å²) in [5, 5.41) is 7.44. The number of fused-ring (bicyclic) bond motifs is 1. The number of alkyl halides is 3. The van der Waals surface area contributed by atoms with Crippen molar-refractivity contribution >= 4 is 17.4 Å². The summed E-state index contributed by atoms with van der Waals surface area (Å²) in [6.07, 6.45) is 2.13. The van der Waals surface area contributed by atoms with E-state index in [-0.39, 0.29) is 35.4 Å². The Labute approximate surface area is 235 Å². The Balaban J connectivity index is 1.05. The lowest BCUT2D eigenvalue weighted by Crippen LogP contribution is -2.57. The molecule has 0 radical (unpaired) electrons. The Morgan fingerprint density at radius 2 is 1.73 bits per heavy atom. The van der Waals surface area contributed by atoms with Crippen molar-refractivity contribution in [2.75, 3.05) is 0 Å². The minimum Gasteiger partial charge on any atom is -0.458 e. The number of aromatic nitrogens is 2. The number of benzene rings is 2. The third kappa shape index (κ3) is 5.45. The van der Waals surface area contributed by atoms with Crippen LogP contribution in [0.3, 0.4) is 0 Å². The lowest BCUT2D eigenvalue weighted by Gasteiger charge is -2.57. The summed E-state index contributed by atoms with van der Waals surface area (Å²) in [6.45, 7) is 1.88. The van der Waals surface area contributed by atoms with Crippen LogP contribution in [-0.2, 0) is 22.1 Å². The van der Waals surface area contributed by atoms with Gasteiger partial charge >= 0.3 is 12.1 Å². The number of esters is 1. The fourth-order valence-electron chi connectivity index (χ4n) is 6.35. The minimum atomic E-state index is -4.39. The highest BCUT2D eigenvalue weighted by Crippen LogP contribution is 2.59. The Morgan fingerprint density at radius 1 is 1.02 bits per heavy atom. The fourth-order valence-corrected chi connectivity index (χ4v) is 6.35. The Bertz CT molecular complexity index is 1570. The van der Waals surface area contributed by atoms with E-state index in [0.29, 0.717) is 23.1 Å². The molecule has 6 rings (SSSR count). The van der Waals surface area contributed by atoms with Crippen LogP contribution in [0.1, 0.15) is 71.3 Å². The molecular formula is C32H30F3N3O3. The van der Waals surface area contributed by atoms with E-state index in [1.165, 1.54) is 18.3 Å². The molecule has 0 saturated heterocycles. The first-order valence-corrected chi connectivity index (χ1v) is 13.8. The molecule has 2 fully saturated rings. The van der Waals surface area contributed by atoms with Crippen molar-refractivity contribution in [3.05, 3.63) is 107 Å². The number of carbonyl (C=O) groups excluding carboxylic acids is 2. The molecule has 2 aromatic carbocycles. The summed E-state index contributed by atoms with van der Waals surface area (Å²) >= 11 is 0. The van der Waals surface area contributed by atoms with Gasteiger partial charge in [-0.1, -0.05) is 48.5 Å². The molecule has 0 aliphatic heterocycles. The van der Waals surface area contributed by atoms with Gasteiger partial charge in [0, 0.05) is 12.2 Å². The molecule has 1 N–H and O–H groups in total. The van der Waals surface area contributed by atoms with Crippen LogP contribution in [0.4, 0.5) is 13.2 Å². The lowest BCUT2D eigenvalue weighted by molar-refractivity contribution is -0.167. The highest BCUT2D eigenvalue weighted by atomic mass is 19.4. The number of carbonyl (C=O) groups is 2. The average Bonchev–Trinajstić information content (AvgIpc) is 3.35. The molecule has 9 heteroatoms. The number of hydrogen-bond acceptors (Lipinski definition) is 4. The van der Waals surface area contributed by atoms with Gasteiger partial charge in [0.2, 0.25) is 0 Å². The standard InChI is InChI=1S/C32H30F3N3O3/c1-20(22-6-3-2-4-7-22)41-30(40)24-15-31(16-24)17-26(18-31)37-29(39)27-19-36-38-13-5-8-23(28(27)38)14-21-9-11-25(12-10-21)32(33,34)35/h2-13,19-20,24,26H,14-18H2,1H3,(H,37,39). The molecule has 2 saturated carbocycles. The number of nitrogens with one attached hydrogen (secondary N) is 1. The Kier molecular flexibility index (Phi) is 6.83. The molecule has 41 heavy (non-hydrogen) atoms. The Hall–Kier alpha value is -4.14. The molecule has 1 spiro atoms. The second kappa shape index (κ2) is 10.4. The normalized spacial score (nSPS) is 22.5. The van der Waals surface area contributed by atoms with E-state index in [1.54, 1.807) is 16.8 Å². The van der Waals surface area contributed by atoms with Gasteiger partial charge in [-0.15, -0.1) is 0 Å². The second-order valence-corrected chi connectivity index (χ2v) is 11.4. The summed E-state index contributed by atoms with van der Waals surface area (Å²) in [7, 11) is 0. The summed E-state index contributed by atoms with van der Waals surface area (Å²) in [6, 6.07) is 18.4. The molecule has 2 aliphatic carbocycles. The molecule has 1 unspecified atom stereocenters. The number of halogens is 3. The van der Waals surface area contributed by atoms with Gasteiger partial charge in [0.15, 0.2) is 0 Å². The fraction of sp³-hybridized carbons (Fsp3) is 0.344. The topological polar surface area (TPSA) is 72.7 Å². The van der Waals surface area contributed by atoms with E-state index in [9.17, 15) is 22.8 Å². The molecule has 2 aromatic heterocycles. The third-order valence-electron chi connectivity index (χ3n) is 8.49. The molecule has 4 aromatic rings. The molecule has 6 nitrogen and oxygen atoms in total. The first-order valence-electron chi connectivity index (χ1n) is 13.8. The monoisotopic (exact) mass is 561 g/mol. The molecule has 212 valence electrons. The second-order valence-electron chi connectivity index (χ2n) is 11.4.